The largest absolute Gasteiger partial charge is 0.298 e. The minimum absolute atomic E-state index is 1.21. The summed E-state index contributed by atoms with van der Waals surface area (Å²) in [5, 5.41) is 0. The summed E-state index contributed by atoms with van der Waals surface area (Å²) in [7, 11) is 2.20. The fraction of sp³-hybridized carbons (Fsp3) is 0.778. The first-order valence-electron chi connectivity index (χ1n) is 4.40. The van der Waals surface area contributed by atoms with Crippen molar-refractivity contribution in [1.82, 2.24) is 9.80 Å². The van der Waals surface area contributed by atoms with Crippen LogP contribution >= 0.6 is 0 Å². The van der Waals surface area contributed by atoms with E-state index < -0.39 is 0 Å². The molecule has 0 saturated heterocycles. The molecule has 2 heteroatoms. The highest BCUT2D eigenvalue weighted by Crippen LogP contribution is 2.23. The summed E-state index contributed by atoms with van der Waals surface area (Å²) in [6.45, 7) is 8.34. The van der Waals surface area contributed by atoms with Crippen LogP contribution < -0.4 is 0 Å². The molecule has 2 rings (SSSR count). The van der Waals surface area contributed by atoms with Gasteiger partial charge in [0, 0.05) is 26.2 Å². The Morgan fingerprint density at radius 1 is 1.09 bits per heavy atom. The molecule has 0 N–H and O–H groups in total. The minimum atomic E-state index is 1.21. The van der Waals surface area contributed by atoms with Gasteiger partial charge in [0.05, 0.1) is 0 Å². The molecule has 0 atom stereocenters. The first-order valence-corrected chi connectivity index (χ1v) is 4.40. The van der Waals surface area contributed by atoms with Gasteiger partial charge in [0.2, 0.25) is 0 Å². The van der Waals surface area contributed by atoms with Crippen LogP contribution in [0.1, 0.15) is 6.92 Å². The van der Waals surface area contributed by atoms with Crippen LogP contribution in [0.15, 0.2) is 11.1 Å². The predicted octanol–water partition coefficient (Wildman–Crippen LogP) is 0.564. The molecule has 0 aromatic rings. The van der Waals surface area contributed by atoms with Crippen molar-refractivity contribution in [1.29, 1.82) is 0 Å². The Balaban J connectivity index is 2.00. The first-order chi connectivity index (χ1) is 5.29. The average Bonchev–Trinajstić information content (AvgIpc) is 2.43. The lowest BCUT2D eigenvalue weighted by Gasteiger charge is -2.17. The number of rotatable bonds is 1. The van der Waals surface area contributed by atoms with Crippen LogP contribution in [0.4, 0.5) is 0 Å². The van der Waals surface area contributed by atoms with E-state index in [1.165, 1.54) is 32.7 Å². The molecule has 0 amide bonds. The monoisotopic (exact) mass is 152 g/mol. The molecule has 0 radical (unpaired) electrons. The second kappa shape index (κ2) is 2.61. The Morgan fingerprint density at radius 2 is 1.64 bits per heavy atom. The third-order valence-corrected chi connectivity index (χ3v) is 2.70. The third kappa shape index (κ3) is 1.21. The second-order valence-electron chi connectivity index (χ2n) is 3.68. The first kappa shape index (κ1) is 7.32. The van der Waals surface area contributed by atoms with Crippen molar-refractivity contribution in [3.05, 3.63) is 11.1 Å². The minimum Gasteiger partial charge on any atom is -0.298 e. The molecule has 0 fully saturated rings. The third-order valence-electron chi connectivity index (χ3n) is 2.70. The highest BCUT2D eigenvalue weighted by molar-refractivity contribution is 5.29. The fourth-order valence-electron chi connectivity index (χ4n) is 2.07. The molecule has 0 aromatic heterocycles. The second-order valence-corrected chi connectivity index (χ2v) is 3.68. The number of hydrogen-bond acceptors (Lipinski definition) is 2. The summed E-state index contributed by atoms with van der Waals surface area (Å²) >= 11 is 0. The van der Waals surface area contributed by atoms with Gasteiger partial charge in [0.15, 0.2) is 0 Å². The van der Waals surface area contributed by atoms with Gasteiger partial charge in [0.1, 0.15) is 0 Å². The summed E-state index contributed by atoms with van der Waals surface area (Å²) in [6.07, 6.45) is 0. The molecule has 0 aromatic carbocycles. The molecule has 2 aliphatic heterocycles. The lowest BCUT2D eigenvalue weighted by molar-refractivity contribution is 0.326. The highest BCUT2D eigenvalue weighted by atomic mass is 15.2. The van der Waals surface area contributed by atoms with Gasteiger partial charge in [-0.05, 0) is 24.7 Å². The van der Waals surface area contributed by atoms with Crippen LogP contribution in [-0.2, 0) is 0 Å². The molecule has 0 saturated carbocycles. The summed E-state index contributed by atoms with van der Waals surface area (Å²) in [6, 6.07) is 0. The van der Waals surface area contributed by atoms with Crippen LogP contribution in [0.3, 0.4) is 0 Å². The maximum absolute atomic E-state index is 2.51. The van der Waals surface area contributed by atoms with Gasteiger partial charge in [-0.1, -0.05) is 6.92 Å². The maximum atomic E-state index is 2.51. The van der Waals surface area contributed by atoms with Gasteiger partial charge in [-0.15, -0.1) is 0 Å². The van der Waals surface area contributed by atoms with Crippen molar-refractivity contribution < 1.29 is 0 Å². The average molecular weight is 152 g/mol. The zero-order valence-electron chi connectivity index (χ0n) is 7.43. The normalized spacial score (nSPS) is 26.7. The summed E-state index contributed by atoms with van der Waals surface area (Å²) in [4.78, 5) is 4.91. The molecule has 2 nitrogen and oxygen atoms in total. The Hall–Kier alpha value is -0.340. The van der Waals surface area contributed by atoms with Crippen LogP contribution in [-0.4, -0.2) is 49.6 Å². The van der Waals surface area contributed by atoms with Crippen LogP contribution in [0.5, 0.6) is 0 Å². The molecule has 11 heavy (non-hydrogen) atoms. The molecule has 62 valence electrons. The van der Waals surface area contributed by atoms with Gasteiger partial charge < -0.3 is 0 Å². The van der Waals surface area contributed by atoms with Gasteiger partial charge >= 0.3 is 0 Å². The highest BCUT2D eigenvalue weighted by Gasteiger charge is 2.26. The van der Waals surface area contributed by atoms with E-state index in [2.05, 4.69) is 23.8 Å². The van der Waals surface area contributed by atoms with E-state index in [-0.39, 0.29) is 0 Å². The smallest absolute Gasteiger partial charge is 0.0212 e. The lowest BCUT2D eigenvalue weighted by atomic mass is 10.2. The molecule has 0 spiro atoms. The van der Waals surface area contributed by atoms with E-state index in [0.717, 1.165) is 0 Å². The summed E-state index contributed by atoms with van der Waals surface area (Å²) in [5.41, 5.74) is 3.38. The number of hydrogen-bond donors (Lipinski definition) is 0. The van der Waals surface area contributed by atoms with Crippen molar-refractivity contribution >= 4 is 0 Å². The van der Waals surface area contributed by atoms with Gasteiger partial charge in [-0.3, -0.25) is 9.80 Å². The maximum Gasteiger partial charge on any atom is 0.0212 e. The van der Waals surface area contributed by atoms with E-state index in [1.807, 2.05) is 0 Å². The Labute approximate surface area is 68.5 Å². The Kier molecular flexibility index (Phi) is 1.74. The van der Waals surface area contributed by atoms with E-state index in [9.17, 15) is 0 Å². The molecule has 2 aliphatic rings. The van der Waals surface area contributed by atoms with Crippen molar-refractivity contribution in [2.45, 2.75) is 6.92 Å². The molecular weight excluding hydrogens is 136 g/mol. The molecule has 2 heterocycles. The SMILES string of the molecule is CCN1CC2=C(CN(C)C2)C1. The van der Waals surface area contributed by atoms with E-state index in [4.69, 9.17) is 0 Å². The standard InChI is InChI=1S/C9H16N2/c1-3-11-6-8-4-10(2)5-9(8)7-11/h3-7H2,1-2H3. The predicted molar refractivity (Wildman–Crippen MR) is 46.6 cm³/mol. The zero-order valence-corrected chi connectivity index (χ0v) is 7.43. The zero-order chi connectivity index (χ0) is 7.84. The summed E-state index contributed by atoms with van der Waals surface area (Å²) in [5.74, 6) is 0. The van der Waals surface area contributed by atoms with Crippen molar-refractivity contribution in [3.8, 4) is 0 Å². The van der Waals surface area contributed by atoms with Crippen molar-refractivity contribution in [3.63, 3.8) is 0 Å². The quantitative estimate of drug-likeness (QED) is 0.507. The number of likely N-dealkylation sites (N-methyl/N-ethyl adjacent to an activating group) is 2. The Bertz CT molecular complexity index is 178. The van der Waals surface area contributed by atoms with Crippen LogP contribution in [0, 0.1) is 0 Å². The molecular formula is C9H16N2. The van der Waals surface area contributed by atoms with Gasteiger partial charge in [-0.25, -0.2) is 0 Å². The molecule has 0 aliphatic carbocycles. The van der Waals surface area contributed by atoms with Crippen LogP contribution in [0.2, 0.25) is 0 Å². The fourth-order valence-corrected chi connectivity index (χ4v) is 2.07. The van der Waals surface area contributed by atoms with Crippen molar-refractivity contribution in [2.24, 2.45) is 0 Å². The van der Waals surface area contributed by atoms with E-state index >= 15 is 0 Å². The molecule has 0 bridgehead atoms. The topological polar surface area (TPSA) is 6.48 Å². The van der Waals surface area contributed by atoms with Crippen LogP contribution in [0.25, 0.3) is 0 Å². The van der Waals surface area contributed by atoms with Gasteiger partial charge in [-0.2, -0.15) is 0 Å². The van der Waals surface area contributed by atoms with E-state index in [1.54, 1.807) is 11.1 Å². The van der Waals surface area contributed by atoms with Crippen molar-refractivity contribution in [2.75, 3.05) is 39.8 Å². The van der Waals surface area contributed by atoms with Gasteiger partial charge in [0.25, 0.3) is 0 Å². The Morgan fingerprint density at radius 3 is 2.09 bits per heavy atom. The summed E-state index contributed by atoms with van der Waals surface area (Å²) < 4.78 is 0. The lowest BCUT2D eigenvalue weighted by Crippen LogP contribution is -2.27. The molecule has 0 unspecified atom stereocenters. The number of nitrogens with zero attached hydrogens (tertiary/aromatic N) is 2. The van der Waals surface area contributed by atoms with E-state index in [0.29, 0.717) is 0 Å².